The number of aromatic nitrogens is 2. The highest BCUT2D eigenvalue weighted by Crippen LogP contribution is 2.40. The van der Waals surface area contributed by atoms with Gasteiger partial charge in [0.25, 0.3) is 11.8 Å². The number of carbonyl (C=O) groups excluding carboxylic acids is 4. The number of β-lactam (4-membered cyclic amide) rings is 1. The lowest BCUT2D eigenvalue weighted by molar-refractivity contribution is -0.689. The molecule has 0 bridgehead atoms. The quantitative estimate of drug-likeness (QED) is 0.0808. The van der Waals surface area contributed by atoms with Gasteiger partial charge < -0.3 is 25.3 Å². The number of esters is 1. The predicted molar refractivity (Wildman–Crippen MR) is 151 cm³/mol. The van der Waals surface area contributed by atoms with E-state index in [9.17, 15) is 29.1 Å². The Balaban J connectivity index is 1.54. The van der Waals surface area contributed by atoms with Crippen molar-refractivity contribution in [3.8, 4) is 0 Å². The Morgan fingerprint density at radius 2 is 2.00 bits per heavy atom. The molecule has 4 rings (SSSR count). The minimum Gasteiger partial charge on any atom is -0.477 e. The van der Waals surface area contributed by atoms with Crippen LogP contribution in [0.2, 0.25) is 4.34 Å². The Morgan fingerprint density at radius 1 is 1.29 bits per heavy atom. The van der Waals surface area contributed by atoms with Gasteiger partial charge in [0.1, 0.15) is 32.7 Å². The summed E-state index contributed by atoms with van der Waals surface area (Å²) in [5, 5.41) is 17.9. The third-order valence-electron chi connectivity index (χ3n) is 5.65. The SMILES string of the molecule is CC(C)(C)OC(=O)CON=C(C(=O)NC1C(=O)N2C(C(=O)O)=C(C[n+]3ccccc3)CS[C@@H]12)c1nc(NC=O)sc1Cl. The summed E-state index contributed by atoms with van der Waals surface area (Å²) in [6.45, 7) is 4.63. The van der Waals surface area contributed by atoms with Crippen LogP contribution in [0.3, 0.4) is 0 Å². The molecule has 42 heavy (non-hydrogen) atoms. The summed E-state index contributed by atoms with van der Waals surface area (Å²) in [5.41, 5.74) is -1.01. The van der Waals surface area contributed by atoms with E-state index < -0.39 is 53.1 Å². The van der Waals surface area contributed by atoms with Crippen LogP contribution in [0.1, 0.15) is 26.5 Å². The summed E-state index contributed by atoms with van der Waals surface area (Å²) in [6, 6.07) is 4.36. The molecule has 17 heteroatoms. The average molecular weight is 638 g/mol. The number of pyridine rings is 1. The van der Waals surface area contributed by atoms with Crippen LogP contribution in [0.15, 0.2) is 47.0 Å². The highest BCUT2D eigenvalue weighted by Gasteiger charge is 2.55. The monoisotopic (exact) mass is 637 g/mol. The van der Waals surface area contributed by atoms with Crippen molar-refractivity contribution in [2.75, 3.05) is 17.7 Å². The molecule has 0 spiro atoms. The number of anilines is 1. The number of thiazole rings is 1. The Bertz CT molecular complexity index is 1470. The number of hydrogen-bond acceptors (Lipinski definition) is 11. The maximum atomic E-state index is 13.4. The van der Waals surface area contributed by atoms with Crippen molar-refractivity contribution in [1.82, 2.24) is 15.2 Å². The van der Waals surface area contributed by atoms with Gasteiger partial charge in [-0.05, 0) is 20.8 Å². The first-order valence-corrected chi connectivity index (χ1v) is 14.6. The first-order valence-electron chi connectivity index (χ1n) is 12.3. The molecule has 3 amide bonds. The van der Waals surface area contributed by atoms with Gasteiger partial charge in [-0.3, -0.25) is 19.3 Å². The number of fused-ring (bicyclic) bond motifs is 1. The Labute approximate surface area is 252 Å². The number of nitrogens with one attached hydrogen (secondary N) is 2. The highest BCUT2D eigenvalue weighted by atomic mass is 35.5. The van der Waals surface area contributed by atoms with E-state index in [-0.39, 0.29) is 27.4 Å². The van der Waals surface area contributed by atoms with E-state index in [2.05, 4.69) is 20.8 Å². The van der Waals surface area contributed by atoms with Gasteiger partial charge in [-0.2, -0.15) is 0 Å². The Hall–Kier alpha value is -4.02. The van der Waals surface area contributed by atoms with Crippen LogP contribution in [0.5, 0.6) is 0 Å². The fourth-order valence-electron chi connectivity index (χ4n) is 4.05. The molecule has 3 N–H and O–H groups in total. The summed E-state index contributed by atoms with van der Waals surface area (Å²) in [5.74, 6) is -3.25. The van der Waals surface area contributed by atoms with E-state index in [0.29, 0.717) is 17.7 Å². The summed E-state index contributed by atoms with van der Waals surface area (Å²) in [6.07, 6.45) is 3.94. The molecule has 0 aliphatic carbocycles. The summed E-state index contributed by atoms with van der Waals surface area (Å²) < 4.78 is 6.93. The molecular weight excluding hydrogens is 612 g/mol. The zero-order valence-electron chi connectivity index (χ0n) is 22.5. The smallest absolute Gasteiger partial charge is 0.352 e. The second kappa shape index (κ2) is 12.9. The van der Waals surface area contributed by atoms with Crippen LogP contribution < -0.4 is 15.2 Å². The van der Waals surface area contributed by atoms with Crippen molar-refractivity contribution in [3.63, 3.8) is 0 Å². The zero-order chi connectivity index (χ0) is 30.6. The van der Waals surface area contributed by atoms with Crippen molar-refractivity contribution in [1.29, 1.82) is 0 Å². The van der Waals surface area contributed by atoms with Gasteiger partial charge in [-0.25, -0.2) is 19.1 Å². The summed E-state index contributed by atoms with van der Waals surface area (Å²) in [4.78, 5) is 71.9. The van der Waals surface area contributed by atoms with E-state index in [4.69, 9.17) is 21.2 Å². The maximum absolute atomic E-state index is 13.4. The molecule has 0 radical (unpaired) electrons. The first-order chi connectivity index (χ1) is 19.9. The molecule has 4 heterocycles. The van der Waals surface area contributed by atoms with E-state index in [1.807, 2.05) is 18.2 Å². The third-order valence-corrected chi connectivity index (χ3v) is 8.18. The maximum Gasteiger partial charge on any atom is 0.352 e. The summed E-state index contributed by atoms with van der Waals surface area (Å²) >= 11 is 8.39. The number of halogens is 1. The average Bonchev–Trinajstić information content (AvgIpc) is 3.28. The number of carbonyl (C=O) groups is 5. The topological polar surface area (TPSA) is 180 Å². The van der Waals surface area contributed by atoms with Gasteiger partial charge in [-0.1, -0.05) is 34.2 Å². The molecule has 2 aliphatic heterocycles. The summed E-state index contributed by atoms with van der Waals surface area (Å²) in [7, 11) is 0. The molecule has 0 aromatic carbocycles. The molecule has 2 atom stereocenters. The number of ether oxygens (including phenoxy) is 1. The second-order valence-corrected chi connectivity index (χ2v) is 12.6. The number of carboxylic acid groups (broad SMARTS) is 1. The molecule has 1 fully saturated rings. The van der Waals surface area contributed by atoms with Crippen LogP contribution in [-0.2, 0) is 40.1 Å². The number of carboxylic acids is 1. The van der Waals surface area contributed by atoms with Crippen molar-refractivity contribution >= 4 is 75.7 Å². The molecule has 2 aliphatic rings. The zero-order valence-corrected chi connectivity index (χ0v) is 24.9. The van der Waals surface area contributed by atoms with Crippen molar-refractivity contribution in [2.45, 2.75) is 44.3 Å². The van der Waals surface area contributed by atoms with Gasteiger partial charge in [0.15, 0.2) is 29.8 Å². The highest BCUT2D eigenvalue weighted by molar-refractivity contribution is 8.00. The number of rotatable bonds is 11. The van der Waals surface area contributed by atoms with E-state index in [0.717, 1.165) is 16.2 Å². The second-order valence-electron chi connectivity index (χ2n) is 9.87. The molecule has 0 saturated carbocycles. The van der Waals surface area contributed by atoms with Crippen molar-refractivity contribution in [2.24, 2.45) is 5.16 Å². The first kappa shape index (κ1) is 30.9. The van der Waals surface area contributed by atoms with Gasteiger partial charge >= 0.3 is 11.9 Å². The number of nitrogens with zero attached hydrogens (tertiary/aromatic N) is 4. The standard InChI is InChI=1S/C25H25ClN6O8S2/c1-25(2,3)40-14(34)10-39-30-16(15-19(26)42-24(29-15)27-12-33)20(35)28-17-21(36)32-18(23(37)38)13(11-41-22(17)32)9-31-7-5-4-6-8-31/h4-8,12,17,22H,9-11H2,1-3H3,(H2-,27,28,29,33,35,37,38)/p+1/t17?,22-/m0/s1. The fourth-order valence-corrected chi connectivity index (χ4v) is 6.39. The Morgan fingerprint density at radius 3 is 2.64 bits per heavy atom. The van der Waals surface area contributed by atoms with E-state index in [1.54, 1.807) is 37.7 Å². The third kappa shape index (κ3) is 7.06. The van der Waals surface area contributed by atoms with E-state index in [1.165, 1.54) is 11.8 Å². The fraction of sp³-hybridized carbons (Fsp3) is 0.360. The van der Waals surface area contributed by atoms with E-state index >= 15 is 0 Å². The van der Waals surface area contributed by atoms with Crippen molar-refractivity contribution < 1.29 is 43.2 Å². The van der Waals surface area contributed by atoms with Gasteiger partial charge in [-0.15, -0.1) is 11.8 Å². The van der Waals surface area contributed by atoms with Gasteiger partial charge in [0.05, 0.1) is 0 Å². The van der Waals surface area contributed by atoms with Crippen LogP contribution >= 0.6 is 34.7 Å². The van der Waals surface area contributed by atoms with Crippen LogP contribution in [0, 0.1) is 0 Å². The predicted octanol–water partition coefficient (Wildman–Crippen LogP) is 1.15. The van der Waals surface area contributed by atoms with Crippen molar-refractivity contribution in [3.05, 3.63) is 51.9 Å². The van der Waals surface area contributed by atoms with Crippen LogP contribution in [0.4, 0.5) is 5.13 Å². The van der Waals surface area contributed by atoms with Gasteiger partial charge in [0.2, 0.25) is 13.0 Å². The largest absolute Gasteiger partial charge is 0.477 e. The number of hydrogen-bond donors (Lipinski definition) is 3. The molecule has 2 aromatic rings. The number of oxime groups is 1. The molecule has 2 aromatic heterocycles. The minimum absolute atomic E-state index is 0.0260. The lowest BCUT2D eigenvalue weighted by Crippen LogP contribution is -2.71. The number of aliphatic carboxylic acids is 1. The Kier molecular flexibility index (Phi) is 9.48. The molecule has 222 valence electrons. The lowest BCUT2D eigenvalue weighted by atomic mass is 10.0. The molecular formula is C25H26ClN6O8S2+. The van der Waals surface area contributed by atoms with Gasteiger partial charge in [0, 0.05) is 23.5 Å². The van der Waals surface area contributed by atoms with Crippen LogP contribution in [-0.4, -0.2) is 80.2 Å². The number of thioether (sulfide) groups is 1. The minimum atomic E-state index is -1.26. The molecule has 1 saturated heterocycles. The molecule has 1 unspecified atom stereocenters. The normalized spacial score (nSPS) is 18.5. The number of amides is 3. The lowest BCUT2D eigenvalue weighted by Gasteiger charge is -2.49. The van der Waals surface area contributed by atoms with Crippen LogP contribution in [0.25, 0.3) is 0 Å². The molecule has 14 nitrogen and oxygen atoms in total.